The van der Waals surface area contributed by atoms with Crippen LogP contribution in [0.2, 0.25) is 0 Å². The summed E-state index contributed by atoms with van der Waals surface area (Å²) >= 11 is 0. The molecular weight excluding hydrogens is 721 g/mol. The normalized spacial score (nSPS) is 11.2. The van der Waals surface area contributed by atoms with Gasteiger partial charge < -0.3 is 15.3 Å². The maximum atomic E-state index is 10.3. The summed E-state index contributed by atoms with van der Waals surface area (Å²) in [5.74, 6) is -1.99. The highest BCUT2D eigenvalue weighted by Gasteiger charge is 1.98. The maximum Gasteiger partial charge on any atom is 0.303 e. The van der Waals surface area contributed by atoms with Crippen LogP contribution in [0.15, 0.2) is 36.5 Å². The third kappa shape index (κ3) is 68.3. The quantitative estimate of drug-likeness (QED) is 0.0417. The van der Waals surface area contributed by atoms with Crippen molar-refractivity contribution < 1.29 is 29.7 Å². The lowest BCUT2D eigenvalue weighted by Crippen LogP contribution is -1.93. The Morgan fingerprint density at radius 1 is 0.276 bits per heavy atom. The molecule has 0 bridgehead atoms. The van der Waals surface area contributed by atoms with Crippen molar-refractivity contribution in [2.24, 2.45) is 0 Å². The minimum Gasteiger partial charge on any atom is -0.481 e. The van der Waals surface area contributed by atoms with Gasteiger partial charge in [-0.2, -0.15) is 0 Å². The molecule has 0 saturated carbocycles. The third-order valence-corrected chi connectivity index (χ3v) is 10.5. The Hall–Kier alpha value is -2.37. The smallest absolute Gasteiger partial charge is 0.303 e. The summed E-state index contributed by atoms with van der Waals surface area (Å²) in [6, 6.07) is 0. The zero-order valence-corrected chi connectivity index (χ0v) is 38.8. The van der Waals surface area contributed by atoms with Crippen molar-refractivity contribution in [3.8, 4) is 0 Å². The van der Waals surface area contributed by atoms with E-state index in [0.29, 0.717) is 19.3 Å². The van der Waals surface area contributed by atoms with Crippen LogP contribution in [0.1, 0.15) is 278 Å². The predicted molar refractivity (Wildman–Crippen MR) is 252 cm³/mol. The maximum absolute atomic E-state index is 10.3. The Labute approximate surface area is 360 Å². The summed E-state index contributed by atoms with van der Waals surface area (Å²) < 4.78 is 0. The highest BCUT2D eigenvalue weighted by molar-refractivity contribution is 5.67. The molecule has 6 heteroatoms. The average molecular weight is 819 g/mol. The van der Waals surface area contributed by atoms with E-state index < -0.39 is 17.9 Å². The number of rotatable bonds is 43. The van der Waals surface area contributed by atoms with Gasteiger partial charge in [-0.15, -0.1) is 0 Å². The van der Waals surface area contributed by atoms with Crippen molar-refractivity contribution in [1.82, 2.24) is 0 Å². The molecule has 0 fully saturated rings. The van der Waals surface area contributed by atoms with Gasteiger partial charge in [0, 0.05) is 19.3 Å². The summed E-state index contributed by atoms with van der Waals surface area (Å²) in [4.78, 5) is 30.9. The van der Waals surface area contributed by atoms with Gasteiger partial charge in [-0.05, 0) is 77.0 Å². The Kier molecular flexibility index (Phi) is 58.6. The minimum absolute atomic E-state index is 0.324. The van der Waals surface area contributed by atoms with Gasteiger partial charge in [-0.25, -0.2) is 0 Å². The number of hydrogen-bond donors (Lipinski definition) is 3. The molecule has 0 aromatic rings. The third-order valence-electron chi connectivity index (χ3n) is 10.5. The number of carboxylic acid groups (broad SMARTS) is 3. The van der Waals surface area contributed by atoms with Crippen LogP contribution in [0.5, 0.6) is 0 Å². The molecule has 0 saturated heterocycles. The Balaban J connectivity index is -0.000000784. The van der Waals surface area contributed by atoms with Crippen molar-refractivity contribution in [1.29, 1.82) is 0 Å². The summed E-state index contributed by atoms with van der Waals surface area (Å²) in [5.41, 5.74) is 0. The molecule has 0 aromatic carbocycles. The fourth-order valence-corrected chi connectivity index (χ4v) is 6.73. The molecule has 0 spiro atoms. The van der Waals surface area contributed by atoms with Crippen molar-refractivity contribution >= 4 is 17.9 Å². The first-order valence-corrected chi connectivity index (χ1v) is 24.9. The second-order valence-electron chi connectivity index (χ2n) is 16.5. The number of aliphatic carboxylic acids is 3. The Morgan fingerprint density at radius 3 is 0.724 bits per heavy atom. The first-order chi connectivity index (χ1) is 28.3. The summed E-state index contributed by atoms with van der Waals surface area (Å²) in [6.45, 7) is 6.75. The van der Waals surface area contributed by atoms with E-state index >= 15 is 0 Å². The molecule has 0 aliphatic heterocycles. The van der Waals surface area contributed by atoms with Gasteiger partial charge in [0.25, 0.3) is 0 Å². The fraction of sp³-hybridized carbons (Fsp3) is 0.827. The SMILES string of the molecule is CCCCC/C=C\C/C=C\CCCCCCCC(=O)O.CCCCCCCC/C=C\CCCCCCCC(=O)O.CCCCCCCCCCCCCCCC(=O)O. The van der Waals surface area contributed by atoms with Gasteiger partial charge in [0.1, 0.15) is 0 Å². The molecule has 0 aliphatic rings. The number of carboxylic acids is 3. The van der Waals surface area contributed by atoms with E-state index in [1.807, 2.05) is 0 Å². The van der Waals surface area contributed by atoms with Crippen LogP contribution in [0.25, 0.3) is 0 Å². The van der Waals surface area contributed by atoms with Crippen LogP contribution in [0.3, 0.4) is 0 Å². The van der Waals surface area contributed by atoms with E-state index in [4.69, 9.17) is 15.3 Å². The second-order valence-corrected chi connectivity index (χ2v) is 16.5. The van der Waals surface area contributed by atoms with Crippen LogP contribution in [0, 0.1) is 0 Å². The summed E-state index contributed by atoms with van der Waals surface area (Å²) in [7, 11) is 0. The highest BCUT2D eigenvalue weighted by Crippen LogP contribution is 2.14. The molecule has 0 aliphatic carbocycles. The summed E-state index contributed by atoms with van der Waals surface area (Å²) in [6.07, 6.45) is 60.8. The first kappa shape index (κ1) is 59.9. The van der Waals surface area contributed by atoms with E-state index in [1.165, 1.54) is 186 Å². The lowest BCUT2D eigenvalue weighted by atomic mass is 10.0. The fourth-order valence-electron chi connectivity index (χ4n) is 6.73. The summed E-state index contributed by atoms with van der Waals surface area (Å²) in [5, 5.41) is 25.5. The van der Waals surface area contributed by atoms with Gasteiger partial charge in [0.2, 0.25) is 0 Å². The van der Waals surface area contributed by atoms with Crippen LogP contribution in [0.4, 0.5) is 0 Å². The molecule has 58 heavy (non-hydrogen) atoms. The molecule has 6 nitrogen and oxygen atoms in total. The highest BCUT2D eigenvalue weighted by atomic mass is 16.4. The molecule has 0 aromatic heterocycles. The van der Waals surface area contributed by atoms with Gasteiger partial charge in [0.05, 0.1) is 0 Å². The number of carbonyl (C=O) groups is 3. The zero-order chi connectivity index (χ0) is 43.3. The van der Waals surface area contributed by atoms with Crippen molar-refractivity contribution in [2.75, 3.05) is 0 Å². The Bertz CT molecular complexity index is 908. The van der Waals surface area contributed by atoms with E-state index in [1.54, 1.807) is 0 Å². The van der Waals surface area contributed by atoms with Gasteiger partial charge >= 0.3 is 17.9 Å². The van der Waals surface area contributed by atoms with Crippen LogP contribution in [-0.4, -0.2) is 33.2 Å². The van der Waals surface area contributed by atoms with E-state index in [0.717, 1.165) is 51.4 Å². The standard InChI is InChI=1S/C18H34O2.C18H32O2.C16H32O2/c2*1-2-3-4-5-6-7-8-9-10-11-12-13-14-15-16-17-18(19)20;1-2-3-4-5-6-7-8-9-10-11-12-13-14-15-16(17)18/h9-10H,2-8,11-17H2,1H3,(H,19,20);6-7,9-10H,2-5,8,11-17H2,1H3,(H,19,20);2-15H2,1H3,(H,17,18)/b10-9-;7-6-,10-9-;. The molecule has 0 amide bonds. The van der Waals surface area contributed by atoms with Gasteiger partial charge in [-0.1, -0.05) is 218 Å². The lowest BCUT2D eigenvalue weighted by Gasteiger charge is -2.02. The topological polar surface area (TPSA) is 112 Å². The molecule has 3 N–H and O–H groups in total. The Morgan fingerprint density at radius 2 is 0.466 bits per heavy atom. The van der Waals surface area contributed by atoms with Gasteiger partial charge in [-0.3, -0.25) is 14.4 Å². The van der Waals surface area contributed by atoms with Crippen LogP contribution >= 0.6 is 0 Å². The molecular formula is C52H98O6. The number of allylic oxidation sites excluding steroid dienone is 6. The second kappa shape index (κ2) is 56.7. The first-order valence-electron chi connectivity index (χ1n) is 24.9. The molecule has 0 unspecified atom stereocenters. The van der Waals surface area contributed by atoms with E-state index in [-0.39, 0.29) is 0 Å². The molecule has 0 atom stereocenters. The molecule has 0 heterocycles. The van der Waals surface area contributed by atoms with Crippen molar-refractivity contribution in [2.45, 2.75) is 278 Å². The van der Waals surface area contributed by atoms with Gasteiger partial charge in [0.15, 0.2) is 0 Å². The molecule has 342 valence electrons. The largest absolute Gasteiger partial charge is 0.481 e. The number of unbranched alkanes of at least 4 members (excludes halogenated alkanes) is 31. The molecule has 0 rings (SSSR count). The predicted octanol–water partition coefficient (Wildman–Crippen LogP) is 17.5. The monoisotopic (exact) mass is 819 g/mol. The van der Waals surface area contributed by atoms with Crippen LogP contribution in [-0.2, 0) is 14.4 Å². The van der Waals surface area contributed by atoms with E-state index in [2.05, 4.69) is 57.2 Å². The van der Waals surface area contributed by atoms with Crippen LogP contribution < -0.4 is 0 Å². The van der Waals surface area contributed by atoms with E-state index in [9.17, 15) is 14.4 Å². The lowest BCUT2D eigenvalue weighted by molar-refractivity contribution is -0.138. The van der Waals surface area contributed by atoms with Crippen molar-refractivity contribution in [3.63, 3.8) is 0 Å². The minimum atomic E-state index is -0.671. The molecule has 0 radical (unpaired) electrons. The average Bonchev–Trinajstić information content (AvgIpc) is 3.20. The number of hydrogen-bond acceptors (Lipinski definition) is 3. The zero-order valence-electron chi connectivity index (χ0n) is 38.8. The van der Waals surface area contributed by atoms with Crippen molar-refractivity contribution in [3.05, 3.63) is 36.5 Å².